The lowest BCUT2D eigenvalue weighted by Crippen LogP contribution is -2.41. The van der Waals surface area contributed by atoms with Crippen LogP contribution in [0.15, 0.2) is 429 Å². The van der Waals surface area contributed by atoms with Crippen LogP contribution < -0.4 is 5.46 Å². The van der Waals surface area contributed by atoms with Crippen molar-refractivity contribution in [1.29, 1.82) is 10.5 Å². The summed E-state index contributed by atoms with van der Waals surface area (Å²) in [5, 5.41) is 19.8. The maximum atomic E-state index is 10.0. The highest BCUT2D eigenvalue weighted by atomic mass is 79.9. The van der Waals surface area contributed by atoms with Gasteiger partial charge in [0.1, 0.15) is 0 Å². The Balaban J connectivity index is 0.000000135. The van der Waals surface area contributed by atoms with Crippen molar-refractivity contribution < 1.29 is 9.31 Å². The third-order valence-electron chi connectivity index (χ3n) is 24.7. The molecule has 1 fully saturated rings. The minimum Gasteiger partial charge on any atom is -0.399 e. The van der Waals surface area contributed by atoms with Crippen LogP contribution in [-0.2, 0) is 20.1 Å². The van der Waals surface area contributed by atoms with Gasteiger partial charge in [-0.05, 0) is 188 Å². The van der Waals surface area contributed by atoms with E-state index >= 15 is 0 Å². The Bertz CT molecular complexity index is 6920. The predicted octanol–water partition coefficient (Wildman–Crippen LogP) is 27.8. The molecule has 0 amide bonds. The lowest BCUT2D eigenvalue weighted by molar-refractivity contribution is 0.00578. The molecule has 18 aromatic rings. The Kier molecular flexibility index (Phi) is 22.4. The molecule has 10 heteroatoms. The van der Waals surface area contributed by atoms with E-state index < -0.39 is 29.2 Å². The minimum atomic E-state index is -0.597. The van der Waals surface area contributed by atoms with E-state index in [-0.39, 0.29) is 7.43 Å². The van der Waals surface area contributed by atoms with E-state index in [1.165, 1.54) is 50.1 Å². The number of hydrogen-bond donors (Lipinski definition) is 0. The lowest BCUT2D eigenvalue weighted by Gasteiger charge is -2.34. The smallest absolute Gasteiger partial charge is 0.399 e. The Morgan fingerprint density at radius 1 is 0.256 bits per heavy atom. The Morgan fingerprint density at radius 3 is 0.864 bits per heavy atom. The van der Waals surface area contributed by atoms with Gasteiger partial charge in [-0.1, -0.05) is 393 Å². The molecule has 1 saturated heterocycles. The molecule has 3 aliphatic rings. The summed E-state index contributed by atoms with van der Waals surface area (Å²) in [5.41, 5.74) is 30.9. The van der Waals surface area contributed by atoms with Gasteiger partial charge in [0.05, 0.1) is 68.1 Å². The number of aromatic nitrogens is 4. The molecule has 0 spiro atoms. The van der Waals surface area contributed by atoms with Gasteiger partial charge in [0.2, 0.25) is 0 Å². The van der Waals surface area contributed by atoms with Crippen LogP contribution in [0.2, 0.25) is 0 Å². The van der Waals surface area contributed by atoms with E-state index in [1.807, 2.05) is 97.1 Å². The van der Waals surface area contributed by atoms with Crippen molar-refractivity contribution in [2.75, 3.05) is 0 Å². The number of benzene rings is 16. The average Bonchev–Trinajstić information content (AvgIpc) is 1.54. The second-order valence-electron chi connectivity index (χ2n) is 32.5. The molecule has 0 N–H and O–H groups in total. The minimum absolute atomic E-state index is 0. The molecule has 0 radical (unpaired) electrons. The van der Waals surface area contributed by atoms with E-state index in [2.05, 4.69) is 383 Å². The van der Waals surface area contributed by atoms with Crippen molar-refractivity contribution in [2.45, 2.75) is 57.2 Å². The van der Waals surface area contributed by atoms with Crippen molar-refractivity contribution in [2.24, 2.45) is 0 Å². The van der Waals surface area contributed by atoms with Gasteiger partial charge in [-0.3, -0.25) is 0 Å². The van der Waals surface area contributed by atoms with Crippen molar-refractivity contribution >= 4 is 28.5 Å². The van der Waals surface area contributed by atoms with Gasteiger partial charge in [-0.15, -0.1) is 0 Å². The maximum absolute atomic E-state index is 10.0. The maximum Gasteiger partial charge on any atom is 0.494 e. The SMILES string of the molecule is Brc1ccc(-c2cc(-c3ccc(-c4ccccc4)cc3)nc(-c3ccccc3)n2)cc1.C.CC1(C)OB(c2ccc3c(c2)C(c2ccccc2)(c2ccccc2)c2cc(C#N)ccc2-3)OC1(C)C.N#Cc1ccc2c(c1)C(c1ccccc1)(c1ccccc1)c1cc(-c3ccc(-c4cc(-c5ccccc5)nc(-c5ccc(-c6ccccc6)cc5)n4)cc3)ccc1-2. The quantitative estimate of drug-likeness (QED) is 0.0988. The van der Waals surface area contributed by atoms with Crippen molar-refractivity contribution in [3.63, 3.8) is 0 Å². The zero-order valence-corrected chi connectivity index (χ0v) is 70.5. The van der Waals surface area contributed by atoms with Gasteiger partial charge in [0.25, 0.3) is 0 Å². The molecule has 0 saturated carbocycles. The summed E-state index contributed by atoms with van der Waals surface area (Å²) in [4.78, 5) is 20.0. The fourth-order valence-electron chi connectivity index (χ4n) is 17.7. The molecule has 3 heterocycles. The van der Waals surface area contributed by atoms with Crippen LogP contribution in [0.25, 0.3) is 123 Å². The summed E-state index contributed by atoms with van der Waals surface area (Å²) in [6.07, 6.45) is 0. The van der Waals surface area contributed by atoms with E-state index in [0.717, 1.165) is 122 Å². The van der Waals surface area contributed by atoms with Gasteiger partial charge < -0.3 is 9.31 Å². The number of fused-ring (bicyclic) bond motifs is 6. The van der Waals surface area contributed by atoms with Gasteiger partial charge >= 0.3 is 7.12 Å². The molecule has 16 aromatic carbocycles. The summed E-state index contributed by atoms with van der Waals surface area (Å²) in [6.45, 7) is 8.32. The van der Waals surface area contributed by atoms with E-state index in [9.17, 15) is 10.5 Å². The van der Waals surface area contributed by atoms with Gasteiger partial charge in [0.15, 0.2) is 11.6 Å². The largest absolute Gasteiger partial charge is 0.494 e. The number of nitriles is 2. The Morgan fingerprint density at radius 2 is 0.504 bits per heavy atom. The van der Waals surface area contributed by atoms with Gasteiger partial charge in [0, 0.05) is 37.9 Å². The Labute approximate surface area is 740 Å². The molecule has 598 valence electrons. The second-order valence-corrected chi connectivity index (χ2v) is 33.4. The second kappa shape index (κ2) is 34.6. The van der Waals surface area contributed by atoms with Crippen LogP contribution in [-0.4, -0.2) is 38.3 Å². The highest BCUT2D eigenvalue weighted by molar-refractivity contribution is 9.10. The number of halogens is 1. The fourth-order valence-corrected chi connectivity index (χ4v) is 18.0. The van der Waals surface area contributed by atoms with Crippen LogP contribution in [0.3, 0.4) is 0 Å². The van der Waals surface area contributed by atoms with Gasteiger partial charge in [-0.2, -0.15) is 10.5 Å². The van der Waals surface area contributed by atoms with Crippen molar-refractivity contribution in [3.05, 3.63) is 485 Å². The van der Waals surface area contributed by atoms with E-state index in [0.29, 0.717) is 17.0 Å². The summed E-state index contributed by atoms with van der Waals surface area (Å²) >= 11 is 3.51. The lowest BCUT2D eigenvalue weighted by atomic mass is 9.66. The summed E-state index contributed by atoms with van der Waals surface area (Å²) in [6, 6.07) is 152. The van der Waals surface area contributed by atoms with Crippen molar-refractivity contribution in [3.8, 4) is 136 Å². The molecule has 2 aliphatic carbocycles. The zero-order valence-electron chi connectivity index (χ0n) is 68.9. The molecule has 8 nitrogen and oxygen atoms in total. The van der Waals surface area contributed by atoms with Gasteiger partial charge in [-0.25, -0.2) is 19.9 Å². The van der Waals surface area contributed by atoms with E-state index in [4.69, 9.17) is 29.2 Å². The molecule has 2 aromatic heterocycles. The monoisotopic (exact) mass is 1670 g/mol. The van der Waals surface area contributed by atoms with Crippen LogP contribution in [0.1, 0.15) is 90.8 Å². The number of nitrogens with zero attached hydrogens (tertiary/aromatic N) is 6. The topological polar surface area (TPSA) is 118 Å². The normalized spacial score (nSPS) is 13.6. The van der Waals surface area contributed by atoms with E-state index in [1.54, 1.807) is 0 Å². The van der Waals surface area contributed by atoms with Crippen LogP contribution in [0, 0.1) is 22.7 Å². The Hall–Kier alpha value is -14.9. The summed E-state index contributed by atoms with van der Waals surface area (Å²) < 4.78 is 13.9. The van der Waals surface area contributed by atoms with Crippen molar-refractivity contribution in [1.82, 2.24) is 19.9 Å². The zero-order chi connectivity index (χ0) is 84.4. The fraction of sp³-hybridized carbons (Fsp3) is 0.0783. The molecule has 0 unspecified atom stereocenters. The number of rotatable bonds is 14. The third kappa shape index (κ3) is 15.5. The highest BCUT2D eigenvalue weighted by Crippen LogP contribution is 2.59. The molecule has 0 bridgehead atoms. The van der Waals surface area contributed by atoms with Crippen LogP contribution in [0.5, 0.6) is 0 Å². The molecule has 1 aliphatic heterocycles. The predicted molar refractivity (Wildman–Crippen MR) is 514 cm³/mol. The first-order valence-corrected chi connectivity index (χ1v) is 42.6. The summed E-state index contributed by atoms with van der Waals surface area (Å²) in [5.74, 6) is 1.41. The summed E-state index contributed by atoms with van der Waals surface area (Å²) in [7, 11) is -0.456. The standard InChI is InChI=1S/C54H35N3.C32H28BNO2.C28H19BrN2.CH4/c55-36-37-21-31-47-48-32-30-44(34-50(48)54(49(47)33-37,45-17-9-3-10-18-45)46-19-11-4-12-20-46)40-22-26-42(27-23-40)52-35-51(41-15-7-2-8-16-41)56-53(57-52)43-28-24-39(25-29-43)38-13-5-1-6-14-38;1-30(2)31(3,4)36-33(35-30)25-16-18-27-26-17-15-22(21-34)19-28(26)32(29(27)20-25,23-11-7-5-8-12-23)24-13-9-6-10-14-24;29-25-17-15-23(16-18-25)27-19-26(30-28(31-27)24-9-5-2-6-10-24)22-13-11-21(12-14-22)20-7-3-1-4-8-20;/h1-35H;5-20H,1-4H3;1-19H;1H4. The highest BCUT2D eigenvalue weighted by Gasteiger charge is 2.54. The molecule has 125 heavy (non-hydrogen) atoms. The number of hydrogen-bond acceptors (Lipinski definition) is 8. The average molecular weight is 1670 g/mol. The molecule has 0 atom stereocenters. The first kappa shape index (κ1) is 81.1. The molecule has 21 rings (SSSR count). The molecular weight excluding hydrogens is 1590 g/mol. The van der Waals surface area contributed by atoms with Crippen LogP contribution in [0.4, 0.5) is 0 Å². The van der Waals surface area contributed by atoms with Crippen LogP contribution >= 0.6 is 15.9 Å². The first-order valence-electron chi connectivity index (χ1n) is 41.8. The molecular formula is C115H86BBrN6O2. The third-order valence-corrected chi connectivity index (χ3v) is 25.2. The first-order chi connectivity index (χ1) is 60.7.